The first-order valence-corrected chi connectivity index (χ1v) is 17.1. The van der Waals surface area contributed by atoms with Crippen LogP contribution in [0.4, 0.5) is 0 Å². The monoisotopic (exact) mass is 526 g/mol. The SMILES string of the molecule is CCCCCCCCC(=O)O[C@H]1CC[C@@]2(C)C(=CC[C@H]3[C@@H]4CC[C@H](C(C)CCCC(C)C)C4C(C)C[C@@H]32)C1. The number of carbonyl (C=O) groups excluding carboxylic acids is 1. The second-order valence-electron chi connectivity index (χ2n) is 15.0. The van der Waals surface area contributed by atoms with Gasteiger partial charge in [0.05, 0.1) is 0 Å². The third-order valence-electron chi connectivity index (χ3n) is 12.0. The van der Waals surface area contributed by atoms with E-state index in [0.717, 1.165) is 66.6 Å². The maximum absolute atomic E-state index is 12.6. The van der Waals surface area contributed by atoms with Gasteiger partial charge in [-0.1, -0.05) is 105 Å². The van der Waals surface area contributed by atoms with Crippen LogP contribution in [0.2, 0.25) is 0 Å². The van der Waals surface area contributed by atoms with Crippen LogP contribution < -0.4 is 0 Å². The molecule has 0 aromatic heterocycles. The van der Waals surface area contributed by atoms with E-state index in [4.69, 9.17) is 4.74 Å². The van der Waals surface area contributed by atoms with Crippen molar-refractivity contribution in [3.05, 3.63) is 11.6 Å². The van der Waals surface area contributed by atoms with Crippen LogP contribution in [0.25, 0.3) is 0 Å². The quantitative estimate of drug-likeness (QED) is 0.135. The third-order valence-corrected chi connectivity index (χ3v) is 12.0. The van der Waals surface area contributed by atoms with Gasteiger partial charge in [0.25, 0.3) is 0 Å². The van der Waals surface area contributed by atoms with Gasteiger partial charge in [-0.15, -0.1) is 0 Å². The van der Waals surface area contributed by atoms with Crippen LogP contribution in [-0.2, 0) is 9.53 Å². The van der Waals surface area contributed by atoms with Crippen molar-refractivity contribution in [2.24, 2.45) is 52.8 Å². The Labute approximate surface area is 236 Å². The number of ether oxygens (including phenoxy) is 1. The van der Waals surface area contributed by atoms with Crippen LogP contribution in [-0.4, -0.2) is 12.1 Å². The van der Waals surface area contributed by atoms with Gasteiger partial charge in [0.15, 0.2) is 0 Å². The molecule has 0 heterocycles. The predicted molar refractivity (Wildman–Crippen MR) is 161 cm³/mol. The number of hydrogen-bond donors (Lipinski definition) is 0. The van der Waals surface area contributed by atoms with Crippen molar-refractivity contribution in [1.82, 2.24) is 0 Å². The molecule has 0 aromatic carbocycles. The normalized spacial score (nSPS) is 37.2. The van der Waals surface area contributed by atoms with E-state index < -0.39 is 0 Å². The zero-order valence-corrected chi connectivity index (χ0v) is 26.1. The van der Waals surface area contributed by atoms with Crippen molar-refractivity contribution in [1.29, 1.82) is 0 Å². The number of fused-ring (bicyclic) bond motifs is 5. The zero-order valence-electron chi connectivity index (χ0n) is 26.1. The Hall–Kier alpha value is -0.790. The molecule has 3 unspecified atom stereocenters. The van der Waals surface area contributed by atoms with Gasteiger partial charge in [0, 0.05) is 12.8 Å². The summed E-state index contributed by atoms with van der Waals surface area (Å²) in [7, 11) is 0. The van der Waals surface area contributed by atoms with Crippen molar-refractivity contribution in [3.8, 4) is 0 Å². The molecule has 38 heavy (non-hydrogen) atoms. The maximum atomic E-state index is 12.6. The Kier molecular flexibility index (Phi) is 10.9. The fourth-order valence-corrected chi connectivity index (χ4v) is 9.87. The largest absolute Gasteiger partial charge is 0.462 e. The highest BCUT2D eigenvalue weighted by Crippen LogP contribution is 2.64. The molecule has 0 amide bonds. The van der Waals surface area contributed by atoms with Crippen LogP contribution in [0.5, 0.6) is 0 Å². The summed E-state index contributed by atoms with van der Waals surface area (Å²) in [4.78, 5) is 12.6. The molecule has 2 heteroatoms. The summed E-state index contributed by atoms with van der Waals surface area (Å²) in [5, 5.41) is 0. The van der Waals surface area contributed by atoms with Gasteiger partial charge in [0.2, 0.25) is 0 Å². The molecular weight excluding hydrogens is 464 g/mol. The van der Waals surface area contributed by atoms with E-state index >= 15 is 0 Å². The fraction of sp³-hybridized carbons (Fsp3) is 0.917. The molecule has 3 fully saturated rings. The lowest BCUT2D eigenvalue weighted by Crippen LogP contribution is -2.50. The van der Waals surface area contributed by atoms with E-state index in [2.05, 4.69) is 47.6 Å². The minimum absolute atomic E-state index is 0.0528. The van der Waals surface area contributed by atoms with Crippen molar-refractivity contribution >= 4 is 5.97 Å². The molecule has 4 rings (SSSR count). The van der Waals surface area contributed by atoms with Gasteiger partial charge in [-0.05, 0) is 97.7 Å². The highest BCUT2D eigenvalue weighted by molar-refractivity contribution is 5.69. The molecule has 2 nitrogen and oxygen atoms in total. The lowest BCUT2D eigenvalue weighted by molar-refractivity contribution is -0.151. The average Bonchev–Trinajstić information content (AvgIpc) is 3.33. The molecule has 0 N–H and O–H groups in total. The van der Waals surface area contributed by atoms with Gasteiger partial charge >= 0.3 is 5.97 Å². The molecule has 4 aliphatic carbocycles. The first-order chi connectivity index (χ1) is 18.2. The number of esters is 1. The lowest BCUT2D eigenvalue weighted by atomic mass is 9.48. The van der Waals surface area contributed by atoms with Crippen LogP contribution in [0, 0.1) is 52.8 Å². The van der Waals surface area contributed by atoms with Gasteiger partial charge < -0.3 is 4.74 Å². The van der Waals surface area contributed by atoms with Crippen LogP contribution in [0.1, 0.15) is 151 Å². The molecule has 4 aliphatic rings. The minimum Gasteiger partial charge on any atom is -0.462 e. The fourth-order valence-electron chi connectivity index (χ4n) is 9.87. The molecule has 0 aliphatic heterocycles. The number of unbranched alkanes of at least 4 members (excludes halogenated alkanes) is 5. The molecule has 3 saturated carbocycles. The molecule has 218 valence electrons. The topological polar surface area (TPSA) is 26.3 Å². The van der Waals surface area contributed by atoms with E-state index in [0.29, 0.717) is 11.8 Å². The first-order valence-electron chi connectivity index (χ1n) is 17.1. The number of carbonyl (C=O) groups is 1. The molecule has 9 atom stereocenters. The smallest absolute Gasteiger partial charge is 0.306 e. The molecule has 0 spiro atoms. The summed E-state index contributed by atoms with van der Waals surface area (Å²) in [6, 6.07) is 0. The summed E-state index contributed by atoms with van der Waals surface area (Å²) < 4.78 is 6.05. The van der Waals surface area contributed by atoms with Gasteiger partial charge in [-0.25, -0.2) is 0 Å². The van der Waals surface area contributed by atoms with E-state index in [-0.39, 0.29) is 12.1 Å². The van der Waals surface area contributed by atoms with E-state index in [9.17, 15) is 4.79 Å². The van der Waals surface area contributed by atoms with Gasteiger partial charge in [-0.3, -0.25) is 4.79 Å². The number of allylic oxidation sites excluding steroid dienone is 1. The predicted octanol–water partition coefficient (Wildman–Crippen LogP) is 10.5. The molecular formula is C36H62O2. The first kappa shape index (κ1) is 30.2. The number of hydrogen-bond acceptors (Lipinski definition) is 2. The Morgan fingerprint density at radius 1 is 1.00 bits per heavy atom. The standard InChI is InChI=1S/C36H62O2/c1-7-8-9-10-11-12-16-34(37)38-29-21-22-36(6)28(24-29)17-18-31-32-20-19-30(26(4)15-13-14-25(2)3)35(32)27(5)23-33(31)36/h17,25-27,29-33,35H,7-16,18-24H2,1-6H3/t26?,27?,29-,30+,31-,32-,33-,35?,36-/m0/s1. The lowest BCUT2D eigenvalue weighted by Gasteiger charge is -2.57. The maximum Gasteiger partial charge on any atom is 0.306 e. The van der Waals surface area contributed by atoms with Crippen molar-refractivity contribution < 1.29 is 9.53 Å². The van der Waals surface area contributed by atoms with Crippen molar-refractivity contribution in [2.45, 2.75) is 157 Å². The van der Waals surface area contributed by atoms with E-state index in [1.54, 1.807) is 5.57 Å². The Balaban J connectivity index is 1.31. The summed E-state index contributed by atoms with van der Waals surface area (Å²) in [5.41, 5.74) is 1.98. The highest BCUT2D eigenvalue weighted by atomic mass is 16.5. The van der Waals surface area contributed by atoms with Crippen molar-refractivity contribution in [3.63, 3.8) is 0 Å². The van der Waals surface area contributed by atoms with Crippen LogP contribution in [0.15, 0.2) is 11.6 Å². The molecule has 0 saturated heterocycles. The van der Waals surface area contributed by atoms with E-state index in [1.165, 1.54) is 83.5 Å². The Morgan fingerprint density at radius 2 is 1.76 bits per heavy atom. The van der Waals surface area contributed by atoms with Crippen LogP contribution >= 0.6 is 0 Å². The summed E-state index contributed by atoms with van der Waals surface area (Å²) in [5.74, 6) is 7.26. The Bertz CT molecular complexity index is 782. The minimum atomic E-state index is 0.0528. The summed E-state index contributed by atoms with van der Waals surface area (Å²) in [6.07, 6.45) is 23.9. The highest BCUT2D eigenvalue weighted by Gasteiger charge is 2.56. The molecule has 0 radical (unpaired) electrons. The molecule has 0 aromatic rings. The summed E-state index contributed by atoms with van der Waals surface area (Å²) >= 11 is 0. The molecule has 0 bridgehead atoms. The Morgan fingerprint density at radius 3 is 2.53 bits per heavy atom. The van der Waals surface area contributed by atoms with Gasteiger partial charge in [0.1, 0.15) is 6.10 Å². The number of rotatable bonds is 13. The second kappa shape index (κ2) is 13.7. The van der Waals surface area contributed by atoms with Gasteiger partial charge in [-0.2, -0.15) is 0 Å². The van der Waals surface area contributed by atoms with Crippen LogP contribution in [0.3, 0.4) is 0 Å². The zero-order chi connectivity index (χ0) is 27.3. The average molecular weight is 527 g/mol. The summed E-state index contributed by atoms with van der Waals surface area (Å²) in [6.45, 7) is 14.8. The second-order valence-corrected chi connectivity index (χ2v) is 15.0. The van der Waals surface area contributed by atoms with Crippen molar-refractivity contribution in [2.75, 3.05) is 0 Å². The third kappa shape index (κ3) is 6.91. The van der Waals surface area contributed by atoms with E-state index in [1.807, 2.05) is 0 Å².